The molecule has 5 heteroatoms. The third-order valence-corrected chi connectivity index (χ3v) is 4.23. The van der Waals surface area contributed by atoms with Crippen molar-refractivity contribution in [1.82, 2.24) is 5.32 Å². The van der Waals surface area contributed by atoms with Crippen molar-refractivity contribution in [1.29, 1.82) is 0 Å². The molecule has 142 valence electrons. The number of ether oxygens (including phenoxy) is 1. The highest BCUT2D eigenvalue weighted by atomic mass is 19.1. The number of rotatable bonds is 8. The highest BCUT2D eigenvalue weighted by Gasteiger charge is 2.18. The maximum absolute atomic E-state index is 12.8. The second-order valence-corrected chi connectivity index (χ2v) is 6.23. The lowest BCUT2D eigenvalue weighted by Gasteiger charge is -2.18. The fourth-order valence-electron chi connectivity index (χ4n) is 2.60. The fraction of sp³-hybridized carbons (Fsp3) is 0.273. The molecule has 2 aromatic carbocycles. The number of carbonyl (C=O) groups is 2. The number of halogens is 1. The second-order valence-electron chi connectivity index (χ2n) is 6.23. The van der Waals surface area contributed by atoms with Crippen LogP contribution in [0.15, 0.2) is 60.7 Å². The molecule has 2 atom stereocenters. The van der Waals surface area contributed by atoms with Crippen LogP contribution >= 0.6 is 0 Å². The highest BCUT2D eigenvalue weighted by molar-refractivity contribution is 5.90. The van der Waals surface area contributed by atoms with Crippen molar-refractivity contribution >= 4 is 18.0 Å². The maximum atomic E-state index is 12.8. The summed E-state index contributed by atoms with van der Waals surface area (Å²) in [6.07, 6.45) is 2.72. The molecule has 0 bridgehead atoms. The molecule has 0 aromatic heterocycles. The Morgan fingerprint density at radius 1 is 1.11 bits per heavy atom. The van der Waals surface area contributed by atoms with Crippen molar-refractivity contribution in [2.45, 2.75) is 32.3 Å². The molecule has 0 aliphatic carbocycles. The van der Waals surface area contributed by atoms with Crippen molar-refractivity contribution < 1.29 is 18.7 Å². The Bertz CT molecular complexity index is 772. The minimum atomic E-state index is -0.899. The van der Waals surface area contributed by atoms with E-state index in [1.807, 2.05) is 30.3 Å². The summed E-state index contributed by atoms with van der Waals surface area (Å²) in [5.41, 5.74) is 1.83. The number of amides is 1. The normalized spacial score (nSPS) is 13.1. The molecule has 0 radical (unpaired) electrons. The minimum Gasteiger partial charge on any atom is -0.449 e. The van der Waals surface area contributed by atoms with E-state index < -0.39 is 12.1 Å². The Hall–Kier alpha value is -2.95. The van der Waals surface area contributed by atoms with Crippen LogP contribution in [-0.2, 0) is 14.3 Å². The van der Waals surface area contributed by atoms with Gasteiger partial charge in [-0.25, -0.2) is 9.18 Å². The van der Waals surface area contributed by atoms with E-state index in [-0.39, 0.29) is 17.6 Å². The lowest BCUT2D eigenvalue weighted by Crippen LogP contribution is -2.37. The van der Waals surface area contributed by atoms with E-state index in [0.29, 0.717) is 12.1 Å². The zero-order valence-corrected chi connectivity index (χ0v) is 15.5. The summed E-state index contributed by atoms with van der Waals surface area (Å²) in [7, 11) is 0. The van der Waals surface area contributed by atoms with Crippen LogP contribution < -0.4 is 5.32 Å². The number of hydrogen-bond donors (Lipinski definition) is 1. The number of carbonyl (C=O) groups excluding carboxylic acids is 2. The van der Waals surface area contributed by atoms with Crippen molar-refractivity contribution in [3.8, 4) is 0 Å². The minimum absolute atomic E-state index is 0.205. The van der Waals surface area contributed by atoms with Crippen molar-refractivity contribution in [3.05, 3.63) is 77.6 Å². The topological polar surface area (TPSA) is 55.4 Å². The quantitative estimate of drug-likeness (QED) is 0.563. The molecule has 0 aliphatic rings. The van der Waals surface area contributed by atoms with Gasteiger partial charge >= 0.3 is 5.97 Å². The van der Waals surface area contributed by atoms with E-state index in [4.69, 9.17) is 4.74 Å². The first kappa shape index (κ1) is 20.4. The van der Waals surface area contributed by atoms with Crippen LogP contribution in [0.2, 0.25) is 0 Å². The third kappa shape index (κ3) is 6.70. The molecule has 2 aromatic rings. The SMILES string of the molecule is CC[C@H](CNC(=O)[C@H](C)OC(=O)/C=C/c1ccc(F)cc1)c1ccccc1. The molecule has 0 aliphatic heterocycles. The molecule has 0 saturated heterocycles. The van der Waals surface area contributed by atoms with E-state index in [1.54, 1.807) is 12.1 Å². The summed E-state index contributed by atoms with van der Waals surface area (Å²) in [4.78, 5) is 24.0. The molecule has 1 N–H and O–H groups in total. The Morgan fingerprint density at radius 3 is 2.41 bits per heavy atom. The summed E-state index contributed by atoms with van der Waals surface area (Å²) in [6.45, 7) is 4.07. The van der Waals surface area contributed by atoms with E-state index in [1.165, 1.54) is 31.2 Å². The van der Waals surface area contributed by atoms with E-state index in [2.05, 4.69) is 12.2 Å². The van der Waals surface area contributed by atoms with Crippen LogP contribution in [0, 0.1) is 5.82 Å². The fourth-order valence-corrected chi connectivity index (χ4v) is 2.60. The second kappa shape index (κ2) is 10.3. The molecular formula is C22H24FNO3. The molecule has 0 unspecified atom stereocenters. The van der Waals surface area contributed by atoms with Crippen LogP contribution in [0.5, 0.6) is 0 Å². The van der Waals surface area contributed by atoms with Gasteiger partial charge in [-0.3, -0.25) is 4.79 Å². The molecular weight excluding hydrogens is 345 g/mol. The average molecular weight is 369 g/mol. The lowest BCUT2D eigenvalue weighted by atomic mass is 9.96. The van der Waals surface area contributed by atoms with Gasteiger partial charge in [-0.05, 0) is 42.7 Å². The zero-order valence-electron chi connectivity index (χ0n) is 15.5. The smallest absolute Gasteiger partial charge is 0.331 e. The summed E-state index contributed by atoms with van der Waals surface area (Å²) < 4.78 is 18.0. The van der Waals surface area contributed by atoms with Gasteiger partial charge in [0, 0.05) is 18.5 Å². The molecule has 0 heterocycles. The maximum Gasteiger partial charge on any atom is 0.331 e. The van der Waals surface area contributed by atoms with Crippen LogP contribution in [0.1, 0.15) is 37.3 Å². The first-order valence-corrected chi connectivity index (χ1v) is 8.96. The van der Waals surface area contributed by atoms with E-state index in [0.717, 1.165) is 12.0 Å². The van der Waals surface area contributed by atoms with Crippen LogP contribution in [0.3, 0.4) is 0 Å². The molecule has 2 rings (SSSR count). The molecule has 0 spiro atoms. The Balaban J connectivity index is 1.82. The zero-order chi connectivity index (χ0) is 19.6. The standard InChI is InChI=1S/C22H24FNO3/c1-3-18(19-7-5-4-6-8-19)15-24-22(26)16(2)27-21(25)14-11-17-9-12-20(23)13-10-17/h4-14,16,18H,3,15H2,1-2H3,(H,24,26)/b14-11+/t16-,18+/m0/s1. The average Bonchev–Trinajstić information content (AvgIpc) is 2.68. The Kier molecular flexibility index (Phi) is 7.74. The van der Waals surface area contributed by atoms with Gasteiger partial charge in [0.15, 0.2) is 6.10 Å². The molecule has 1 amide bonds. The number of hydrogen-bond acceptors (Lipinski definition) is 3. The van der Waals surface area contributed by atoms with E-state index in [9.17, 15) is 14.0 Å². The van der Waals surface area contributed by atoms with Gasteiger partial charge in [-0.15, -0.1) is 0 Å². The summed E-state index contributed by atoms with van der Waals surface area (Å²) in [5.74, 6) is -1.11. The number of benzene rings is 2. The van der Waals surface area contributed by atoms with Crippen molar-refractivity contribution in [3.63, 3.8) is 0 Å². The molecule has 0 saturated carbocycles. The predicted octanol–water partition coefficient (Wildman–Crippen LogP) is 4.08. The summed E-state index contributed by atoms with van der Waals surface area (Å²) >= 11 is 0. The van der Waals surface area contributed by atoms with Crippen molar-refractivity contribution in [2.75, 3.05) is 6.54 Å². The van der Waals surface area contributed by atoms with Gasteiger partial charge in [0.1, 0.15) is 5.82 Å². The first-order chi connectivity index (χ1) is 13.0. The highest BCUT2D eigenvalue weighted by Crippen LogP contribution is 2.18. The van der Waals surface area contributed by atoms with Gasteiger partial charge in [-0.1, -0.05) is 49.4 Å². The Labute approximate surface area is 159 Å². The largest absolute Gasteiger partial charge is 0.449 e. The predicted molar refractivity (Wildman–Crippen MR) is 103 cm³/mol. The van der Waals surface area contributed by atoms with Crippen LogP contribution in [-0.4, -0.2) is 24.5 Å². The van der Waals surface area contributed by atoms with Gasteiger partial charge in [0.05, 0.1) is 0 Å². The number of nitrogens with one attached hydrogen (secondary N) is 1. The summed E-state index contributed by atoms with van der Waals surface area (Å²) in [5, 5.41) is 2.84. The lowest BCUT2D eigenvalue weighted by molar-refractivity contribution is -0.150. The molecule has 4 nitrogen and oxygen atoms in total. The monoisotopic (exact) mass is 369 g/mol. The van der Waals surface area contributed by atoms with Gasteiger partial charge < -0.3 is 10.1 Å². The van der Waals surface area contributed by atoms with Gasteiger partial charge in [0.25, 0.3) is 5.91 Å². The van der Waals surface area contributed by atoms with Crippen LogP contribution in [0.4, 0.5) is 4.39 Å². The Morgan fingerprint density at radius 2 is 1.78 bits per heavy atom. The van der Waals surface area contributed by atoms with E-state index >= 15 is 0 Å². The van der Waals surface area contributed by atoms with Gasteiger partial charge in [-0.2, -0.15) is 0 Å². The van der Waals surface area contributed by atoms with Crippen molar-refractivity contribution in [2.24, 2.45) is 0 Å². The molecule has 0 fully saturated rings. The first-order valence-electron chi connectivity index (χ1n) is 8.96. The van der Waals surface area contributed by atoms with Crippen LogP contribution in [0.25, 0.3) is 6.08 Å². The summed E-state index contributed by atoms with van der Waals surface area (Å²) in [6, 6.07) is 15.7. The molecule has 27 heavy (non-hydrogen) atoms. The van der Waals surface area contributed by atoms with Gasteiger partial charge in [0.2, 0.25) is 0 Å². The third-order valence-electron chi connectivity index (χ3n) is 4.23. The number of esters is 1.